The van der Waals surface area contributed by atoms with Crippen molar-refractivity contribution < 1.29 is 10.2 Å². The van der Waals surface area contributed by atoms with Crippen LogP contribution in [0.3, 0.4) is 0 Å². The lowest BCUT2D eigenvalue weighted by atomic mass is 10.1. The molecule has 0 aliphatic heterocycles. The number of aromatic nitrogens is 2. The van der Waals surface area contributed by atoms with E-state index in [1.54, 1.807) is 17.8 Å². The van der Waals surface area contributed by atoms with Gasteiger partial charge in [0.2, 0.25) is 0 Å². The van der Waals surface area contributed by atoms with Crippen molar-refractivity contribution in [3.63, 3.8) is 0 Å². The third-order valence-corrected chi connectivity index (χ3v) is 2.62. The second-order valence-corrected chi connectivity index (χ2v) is 4.46. The van der Waals surface area contributed by atoms with Crippen LogP contribution in [0, 0.1) is 0 Å². The van der Waals surface area contributed by atoms with E-state index in [9.17, 15) is 10.2 Å². The van der Waals surface area contributed by atoms with Crippen LogP contribution in [0.2, 0.25) is 0 Å². The monoisotopic (exact) mass is 262 g/mol. The van der Waals surface area contributed by atoms with Gasteiger partial charge < -0.3 is 10.2 Å². The van der Waals surface area contributed by atoms with Crippen LogP contribution < -0.4 is 0 Å². The lowest BCUT2D eigenvalue weighted by Crippen LogP contribution is -2.19. The first kappa shape index (κ1) is 11.7. The molecule has 0 amide bonds. The van der Waals surface area contributed by atoms with Crippen LogP contribution in [0.1, 0.15) is 38.6 Å². The number of aliphatic hydroxyl groups excluding tert-OH is 2. The van der Waals surface area contributed by atoms with E-state index in [-0.39, 0.29) is 6.04 Å². The molecule has 4 nitrogen and oxygen atoms in total. The van der Waals surface area contributed by atoms with E-state index >= 15 is 0 Å². The van der Waals surface area contributed by atoms with Gasteiger partial charge in [-0.15, -0.1) is 0 Å². The Morgan fingerprint density at radius 3 is 2.36 bits per heavy atom. The summed E-state index contributed by atoms with van der Waals surface area (Å²) < 4.78 is 2.42. The van der Waals surface area contributed by atoms with Crippen LogP contribution in [0.15, 0.2) is 10.7 Å². The predicted molar refractivity (Wildman–Crippen MR) is 57.0 cm³/mol. The zero-order chi connectivity index (χ0) is 10.9. The highest BCUT2D eigenvalue weighted by Gasteiger charge is 2.22. The summed E-state index contributed by atoms with van der Waals surface area (Å²) in [7, 11) is 0. The van der Waals surface area contributed by atoms with Crippen molar-refractivity contribution in [3.8, 4) is 0 Å². The van der Waals surface area contributed by atoms with Gasteiger partial charge >= 0.3 is 0 Å². The van der Waals surface area contributed by atoms with Crippen LogP contribution >= 0.6 is 15.9 Å². The number of hydrogen-bond acceptors (Lipinski definition) is 3. The summed E-state index contributed by atoms with van der Waals surface area (Å²) >= 11 is 3.30. The van der Waals surface area contributed by atoms with Crippen molar-refractivity contribution in [3.05, 3.63) is 16.4 Å². The molecule has 2 unspecified atom stereocenters. The number of halogens is 1. The molecule has 0 aliphatic rings. The molecule has 0 radical (unpaired) electrons. The molecule has 5 heteroatoms. The number of nitrogens with zero attached hydrogens (tertiary/aromatic N) is 2. The summed E-state index contributed by atoms with van der Waals surface area (Å²) in [6, 6.07) is 0.157. The van der Waals surface area contributed by atoms with Gasteiger partial charge in [0.25, 0.3) is 0 Å². The molecule has 1 aromatic rings. The Morgan fingerprint density at radius 2 is 1.93 bits per heavy atom. The molecule has 0 fully saturated rings. The molecule has 2 N–H and O–H groups in total. The highest BCUT2D eigenvalue weighted by Crippen LogP contribution is 2.27. The molecular weight excluding hydrogens is 248 g/mol. The lowest BCUT2D eigenvalue weighted by Gasteiger charge is -2.18. The second kappa shape index (κ2) is 4.42. The molecule has 0 spiro atoms. The molecule has 0 saturated carbocycles. The molecule has 1 aromatic heterocycles. The normalized spacial score (nSPS) is 15.9. The van der Waals surface area contributed by atoms with Crippen molar-refractivity contribution in [2.75, 3.05) is 0 Å². The fraction of sp³-hybridized carbons (Fsp3) is 0.667. The van der Waals surface area contributed by atoms with E-state index in [4.69, 9.17) is 0 Å². The average molecular weight is 263 g/mol. The van der Waals surface area contributed by atoms with Crippen LogP contribution in [0.25, 0.3) is 0 Å². The Hall–Kier alpha value is -0.390. The van der Waals surface area contributed by atoms with Crippen molar-refractivity contribution in [2.24, 2.45) is 0 Å². The fourth-order valence-corrected chi connectivity index (χ4v) is 1.78. The van der Waals surface area contributed by atoms with Gasteiger partial charge in [-0.25, -0.2) is 0 Å². The molecular formula is C9H15BrN2O2. The summed E-state index contributed by atoms with van der Waals surface area (Å²) in [5.41, 5.74) is 0.620. The fourth-order valence-electron chi connectivity index (χ4n) is 1.27. The minimum atomic E-state index is -0.908. The van der Waals surface area contributed by atoms with E-state index in [1.807, 2.05) is 13.8 Å². The Morgan fingerprint density at radius 1 is 1.36 bits per heavy atom. The van der Waals surface area contributed by atoms with Crippen LogP contribution in [-0.4, -0.2) is 26.1 Å². The SMILES string of the molecule is CC(O)C(O)c1c(Br)cnn1C(C)C. The zero-order valence-corrected chi connectivity index (χ0v) is 10.1. The van der Waals surface area contributed by atoms with Crippen molar-refractivity contribution in [1.29, 1.82) is 0 Å². The topological polar surface area (TPSA) is 58.3 Å². The lowest BCUT2D eigenvalue weighted by molar-refractivity contribution is 0.0237. The Kier molecular flexibility index (Phi) is 3.69. The van der Waals surface area contributed by atoms with Gasteiger partial charge in [0.1, 0.15) is 6.10 Å². The Bertz CT molecular complexity index is 310. The number of hydrogen-bond donors (Lipinski definition) is 2. The first-order valence-corrected chi connectivity index (χ1v) is 5.33. The predicted octanol–water partition coefficient (Wildman–Crippen LogP) is 1.64. The number of rotatable bonds is 3. The molecule has 0 saturated heterocycles. The van der Waals surface area contributed by atoms with E-state index in [1.165, 1.54) is 0 Å². The first-order chi connectivity index (χ1) is 6.45. The van der Waals surface area contributed by atoms with E-state index in [2.05, 4.69) is 21.0 Å². The maximum Gasteiger partial charge on any atom is 0.122 e. The molecule has 0 aliphatic carbocycles. The molecule has 80 valence electrons. The minimum absolute atomic E-state index is 0.157. The average Bonchev–Trinajstić information content (AvgIpc) is 2.45. The van der Waals surface area contributed by atoms with Crippen LogP contribution in [0.5, 0.6) is 0 Å². The maximum absolute atomic E-state index is 9.76. The van der Waals surface area contributed by atoms with Gasteiger partial charge in [-0.1, -0.05) is 0 Å². The molecule has 2 atom stereocenters. The highest BCUT2D eigenvalue weighted by atomic mass is 79.9. The van der Waals surface area contributed by atoms with Crippen molar-refractivity contribution in [2.45, 2.75) is 39.0 Å². The second-order valence-electron chi connectivity index (χ2n) is 3.60. The van der Waals surface area contributed by atoms with Crippen LogP contribution in [-0.2, 0) is 0 Å². The third kappa shape index (κ3) is 2.16. The first-order valence-electron chi connectivity index (χ1n) is 4.54. The quantitative estimate of drug-likeness (QED) is 0.871. The zero-order valence-electron chi connectivity index (χ0n) is 8.48. The maximum atomic E-state index is 9.76. The Balaban J connectivity index is 3.10. The highest BCUT2D eigenvalue weighted by molar-refractivity contribution is 9.10. The summed E-state index contributed by atoms with van der Waals surface area (Å²) in [6.45, 7) is 5.49. The summed E-state index contributed by atoms with van der Waals surface area (Å²) in [5, 5.41) is 23.2. The smallest absolute Gasteiger partial charge is 0.122 e. The minimum Gasteiger partial charge on any atom is -0.390 e. The van der Waals surface area contributed by atoms with Crippen LogP contribution in [0.4, 0.5) is 0 Å². The molecule has 1 heterocycles. The molecule has 0 bridgehead atoms. The number of aliphatic hydroxyl groups is 2. The largest absolute Gasteiger partial charge is 0.390 e. The van der Waals surface area contributed by atoms with Gasteiger partial charge in [-0.2, -0.15) is 5.10 Å². The summed E-state index contributed by atoms with van der Waals surface area (Å²) in [4.78, 5) is 0. The van der Waals surface area contributed by atoms with E-state index in [0.29, 0.717) is 5.69 Å². The molecule has 0 aromatic carbocycles. The van der Waals surface area contributed by atoms with Gasteiger partial charge in [-0.05, 0) is 36.7 Å². The van der Waals surface area contributed by atoms with Gasteiger partial charge in [0.05, 0.1) is 22.5 Å². The molecule has 14 heavy (non-hydrogen) atoms. The van der Waals surface area contributed by atoms with E-state index < -0.39 is 12.2 Å². The van der Waals surface area contributed by atoms with E-state index in [0.717, 1.165) is 4.47 Å². The summed E-state index contributed by atoms with van der Waals surface area (Å²) in [5.74, 6) is 0. The standard InChI is InChI=1S/C9H15BrN2O2/c1-5(2)12-8(7(10)4-11-12)9(14)6(3)13/h4-6,9,13-14H,1-3H3. The third-order valence-electron chi connectivity index (χ3n) is 2.01. The van der Waals surface area contributed by atoms with Gasteiger partial charge in [-0.3, -0.25) is 4.68 Å². The van der Waals surface area contributed by atoms with Crippen molar-refractivity contribution in [1.82, 2.24) is 9.78 Å². The van der Waals surface area contributed by atoms with Gasteiger partial charge in [0, 0.05) is 6.04 Å². The van der Waals surface area contributed by atoms with Gasteiger partial charge in [0.15, 0.2) is 0 Å². The summed E-state index contributed by atoms with van der Waals surface area (Å²) in [6.07, 6.45) is -0.0872. The molecule has 1 rings (SSSR count). The Labute approximate surface area is 91.7 Å². The van der Waals surface area contributed by atoms with Crippen molar-refractivity contribution >= 4 is 15.9 Å².